The van der Waals surface area contributed by atoms with Gasteiger partial charge in [0, 0.05) is 30.7 Å². The van der Waals surface area contributed by atoms with Crippen molar-refractivity contribution < 1.29 is 9.59 Å². The van der Waals surface area contributed by atoms with Crippen LogP contribution in [0.15, 0.2) is 24.8 Å². The number of nitrogens with one attached hydrogen (secondary N) is 3. The van der Waals surface area contributed by atoms with Crippen molar-refractivity contribution in [2.45, 2.75) is 45.1 Å². The standard InChI is InChI=1S/C19H24ClN5O2/c1-12-17(24-11-23-12)7-18(26)25-16-4-2-3-13(5-16)8-22-19(27)14-6-15(20)10-21-9-14/h6,9-11,13,16H,2-5,7-8H2,1H3,(H,22,27)(H,23,24)(H,25,26)/t13-,16+/m1/s1. The molecule has 0 unspecified atom stereocenters. The van der Waals surface area contributed by atoms with Crippen molar-refractivity contribution in [2.75, 3.05) is 6.54 Å². The van der Waals surface area contributed by atoms with E-state index in [4.69, 9.17) is 11.6 Å². The number of hydrogen-bond acceptors (Lipinski definition) is 4. The number of aromatic nitrogens is 3. The van der Waals surface area contributed by atoms with Crippen LogP contribution in [0.2, 0.25) is 5.02 Å². The Labute approximate surface area is 163 Å². The third-order valence-corrected chi connectivity index (χ3v) is 5.14. The molecule has 1 saturated carbocycles. The predicted molar refractivity (Wildman–Crippen MR) is 102 cm³/mol. The summed E-state index contributed by atoms with van der Waals surface area (Å²) >= 11 is 5.88. The number of H-pyrrole nitrogens is 1. The fraction of sp³-hybridized carbons (Fsp3) is 0.474. The van der Waals surface area contributed by atoms with Gasteiger partial charge in [-0.05, 0) is 38.2 Å². The van der Waals surface area contributed by atoms with Crippen LogP contribution in [0, 0.1) is 12.8 Å². The monoisotopic (exact) mass is 389 g/mol. The van der Waals surface area contributed by atoms with Crippen LogP contribution in [0.1, 0.15) is 47.4 Å². The van der Waals surface area contributed by atoms with Crippen molar-refractivity contribution in [1.29, 1.82) is 0 Å². The van der Waals surface area contributed by atoms with E-state index in [0.717, 1.165) is 37.1 Å². The Hall–Kier alpha value is -2.41. The largest absolute Gasteiger partial charge is 0.353 e. The maximum Gasteiger partial charge on any atom is 0.252 e. The molecule has 0 aliphatic heterocycles. The highest BCUT2D eigenvalue weighted by Crippen LogP contribution is 2.24. The van der Waals surface area contributed by atoms with E-state index in [1.165, 1.54) is 12.4 Å². The van der Waals surface area contributed by atoms with Crippen LogP contribution in [0.5, 0.6) is 0 Å². The maximum atomic E-state index is 12.3. The number of carbonyl (C=O) groups excluding carboxylic acids is 2. The zero-order valence-electron chi connectivity index (χ0n) is 15.3. The minimum Gasteiger partial charge on any atom is -0.353 e. The summed E-state index contributed by atoms with van der Waals surface area (Å²) < 4.78 is 0. The van der Waals surface area contributed by atoms with E-state index in [0.29, 0.717) is 23.0 Å². The Bertz CT molecular complexity index is 807. The molecule has 27 heavy (non-hydrogen) atoms. The lowest BCUT2D eigenvalue weighted by molar-refractivity contribution is -0.121. The number of pyridine rings is 1. The van der Waals surface area contributed by atoms with Crippen molar-refractivity contribution >= 4 is 23.4 Å². The molecule has 8 heteroatoms. The Morgan fingerprint density at radius 2 is 2.19 bits per heavy atom. The van der Waals surface area contributed by atoms with Crippen LogP contribution in [0.4, 0.5) is 0 Å². The van der Waals surface area contributed by atoms with Crippen LogP contribution in [-0.4, -0.2) is 39.4 Å². The van der Waals surface area contributed by atoms with Gasteiger partial charge in [-0.2, -0.15) is 0 Å². The molecule has 3 N–H and O–H groups in total. The molecule has 2 atom stereocenters. The molecule has 0 radical (unpaired) electrons. The lowest BCUT2D eigenvalue weighted by Crippen LogP contribution is -2.41. The average molecular weight is 390 g/mol. The Balaban J connectivity index is 1.45. The first kappa shape index (κ1) is 19.4. The van der Waals surface area contributed by atoms with Gasteiger partial charge < -0.3 is 15.6 Å². The maximum absolute atomic E-state index is 12.3. The lowest BCUT2D eigenvalue weighted by Gasteiger charge is -2.30. The highest BCUT2D eigenvalue weighted by atomic mass is 35.5. The minimum atomic E-state index is -0.176. The topological polar surface area (TPSA) is 99.8 Å². The van der Waals surface area contributed by atoms with Crippen LogP contribution in [0.25, 0.3) is 0 Å². The van der Waals surface area contributed by atoms with Gasteiger partial charge in [0.25, 0.3) is 5.91 Å². The van der Waals surface area contributed by atoms with Crippen LogP contribution in [-0.2, 0) is 11.2 Å². The van der Waals surface area contributed by atoms with Gasteiger partial charge in [-0.3, -0.25) is 14.6 Å². The molecule has 2 amide bonds. The molecule has 0 bridgehead atoms. The normalized spacial score (nSPS) is 19.5. The minimum absolute atomic E-state index is 0.00936. The van der Waals surface area contributed by atoms with Gasteiger partial charge in [-0.15, -0.1) is 0 Å². The zero-order valence-corrected chi connectivity index (χ0v) is 16.1. The Kier molecular flexibility index (Phi) is 6.45. The molecule has 0 spiro atoms. The van der Waals surface area contributed by atoms with Crippen LogP contribution in [0.3, 0.4) is 0 Å². The summed E-state index contributed by atoms with van der Waals surface area (Å²) in [6, 6.07) is 1.74. The lowest BCUT2D eigenvalue weighted by atomic mass is 9.85. The molecule has 1 fully saturated rings. The smallest absolute Gasteiger partial charge is 0.252 e. The third-order valence-electron chi connectivity index (χ3n) is 4.93. The van der Waals surface area contributed by atoms with Gasteiger partial charge in [-0.25, -0.2) is 4.98 Å². The molecule has 1 aliphatic carbocycles. The number of carbonyl (C=O) groups is 2. The SMILES string of the molecule is Cc1[nH]cnc1CC(=O)N[C@H]1CCC[C@@H](CNC(=O)c2cncc(Cl)c2)C1. The number of hydrogen-bond donors (Lipinski definition) is 3. The van der Waals surface area contributed by atoms with Crippen molar-refractivity contribution in [3.05, 3.63) is 46.8 Å². The first-order chi connectivity index (χ1) is 13.0. The first-order valence-corrected chi connectivity index (χ1v) is 9.56. The number of rotatable bonds is 6. The second-order valence-electron chi connectivity index (χ2n) is 7.05. The molecule has 3 rings (SSSR count). The number of halogens is 1. The number of amides is 2. The fourth-order valence-electron chi connectivity index (χ4n) is 3.48. The van der Waals surface area contributed by atoms with Gasteiger partial charge in [0.05, 0.1) is 29.0 Å². The number of nitrogens with zero attached hydrogens (tertiary/aromatic N) is 2. The molecule has 7 nitrogen and oxygen atoms in total. The highest BCUT2D eigenvalue weighted by Gasteiger charge is 2.24. The molecule has 2 heterocycles. The van der Waals surface area contributed by atoms with Gasteiger partial charge in [0.2, 0.25) is 5.91 Å². The summed E-state index contributed by atoms with van der Waals surface area (Å²) in [4.78, 5) is 35.6. The van der Waals surface area contributed by atoms with Crippen LogP contribution < -0.4 is 10.6 Å². The highest BCUT2D eigenvalue weighted by molar-refractivity contribution is 6.30. The zero-order chi connectivity index (χ0) is 19.2. The average Bonchev–Trinajstić information content (AvgIpc) is 3.04. The van der Waals surface area contributed by atoms with Crippen LogP contribution >= 0.6 is 11.6 Å². The second-order valence-corrected chi connectivity index (χ2v) is 7.49. The summed E-state index contributed by atoms with van der Waals surface area (Å²) in [7, 11) is 0. The molecule has 1 aliphatic rings. The van der Waals surface area contributed by atoms with E-state index in [-0.39, 0.29) is 24.3 Å². The van der Waals surface area contributed by atoms with E-state index in [9.17, 15) is 9.59 Å². The van der Waals surface area contributed by atoms with Gasteiger partial charge in [0.1, 0.15) is 0 Å². The summed E-state index contributed by atoms with van der Waals surface area (Å²) in [5.74, 6) is 0.155. The Morgan fingerprint density at radius 1 is 1.33 bits per heavy atom. The van der Waals surface area contributed by atoms with Gasteiger partial charge >= 0.3 is 0 Å². The van der Waals surface area contributed by atoms with Crippen molar-refractivity contribution in [3.8, 4) is 0 Å². The Morgan fingerprint density at radius 3 is 2.93 bits per heavy atom. The van der Waals surface area contributed by atoms with E-state index in [1.54, 1.807) is 12.4 Å². The van der Waals surface area contributed by atoms with Crippen molar-refractivity contribution in [1.82, 2.24) is 25.6 Å². The molecule has 2 aromatic rings. The summed E-state index contributed by atoms with van der Waals surface area (Å²) in [6.07, 6.45) is 8.79. The number of aromatic amines is 1. The third kappa shape index (κ3) is 5.53. The molecule has 144 valence electrons. The number of aryl methyl sites for hydroxylation is 1. The predicted octanol–water partition coefficient (Wildman–Crippen LogP) is 2.41. The molecule has 0 aromatic carbocycles. The summed E-state index contributed by atoms with van der Waals surface area (Å²) in [5.41, 5.74) is 2.16. The number of imidazole rings is 1. The molecule has 0 saturated heterocycles. The fourth-order valence-corrected chi connectivity index (χ4v) is 3.65. The van der Waals surface area contributed by atoms with Crippen molar-refractivity contribution in [3.63, 3.8) is 0 Å². The molecular weight excluding hydrogens is 366 g/mol. The van der Waals surface area contributed by atoms with Gasteiger partial charge in [-0.1, -0.05) is 18.0 Å². The molecular formula is C19H24ClN5O2. The first-order valence-electron chi connectivity index (χ1n) is 9.18. The van der Waals surface area contributed by atoms with Gasteiger partial charge in [0.15, 0.2) is 0 Å². The van der Waals surface area contributed by atoms with E-state index in [2.05, 4.69) is 25.6 Å². The second kappa shape index (κ2) is 8.99. The van der Waals surface area contributed by atoms with E-state index < -0.39 is 0 Å². The quantitative estimate of drug-likeness (QED) is 0.706. The summed E-state index contributed by atoms with van der Waals surface area (Å²) in [5, 5.41) is 6.50. The van der Waals surface area contributed by atoms with E-state index in [1.807, 2.05) is 6.92 Å². The van der Waals surface area contributed by atoms with E-state index >= 15 is 0 Å². The van der Waals surface area contributed by atoms with Crippen molar-refractivity contribution in [2.24, 2.45) is 5.92 Å². The molecule has 2 aromatic heterocycles. The summed E-state index contributed by atoms with van der Waals surface area (Å²) in [6.45, 7) is 2.49.